The third-order valence-corrected chi connectivity index (χ3v) is 4.06. The number of rotatable bonds is 2. The molecule has 5 aromatic rings. The molecule has 0 amide bonds. The van der Waals surface area contributed by atoms with E-state index in [9.17, 15) is 5.11 Å². The zero-order valence-corrected chi connectivity index (χ0v) is 13.0. The second-order valence-corrected chi connectivity index (χ2v) is 5.65. The van der Waals surface area contributed by atoms with Crippen LogP contribution in [-0.4, -0.2) is 29.4 Å². The zero-order valence-electron chi connectivity index (χ0n) is 13.0. The van der Waals surface area contributed by atoms with Gasteiger partial charge in [0.15, 0.2) is 5.65 Å². The smallest absolute Gasteiger partial charge is 0.168 e. The third-order valence-electron chi connectivity index (χ3n) is 4.06. The fraction of sp³-hybridized carbons (Fsp3) is 0. The van der Waals surface area contributed by atoms with Gasteiger partial charge < -0.3 is 10.4 Å². The SMILES string of the molecule is Oc1cccc(Nc2nc3c(nc4ccncn43)c3cnccc23)c1. The molecule has 0 spiro atoms. The minimum atomic E-state index is 0.191. The number of phenols is 1. The Morgan fingerprint density at radius 2 is 1.88 bits per heavy atom. The highest BCUT2D eigenvalue weighted by molar-refractivity contribution is 6.08. The summed E-state index contributed by atoms with van der Waals surface area (Å²) in [5, 5.41) is 14.8. The first-order valence-corrected chi connectivity index (χ1v) is 7.71. The molecule has 0 aliphatic rings. The van der Waals surface area contributed by atoms with E-state index in [-0.39, 0.29) is 5.75 Å². The van der Waals surface area contributed by atoms with Crippen LogP contribution in [0.5, 0.6) is 5.75 Å². The fourth-order valence-electron chi connectivity index (χ4n) is 2.95. The van der Waals surface area contributed by atoms with E-state index in [0.717, 1.165) is 27.6 Å². The molecule has 0 radical (unpaired) electrons. The van der Waals surface area contributed by atoms with Crippen LogP contribution in [0.3, 0.4) is 0 Å². The van der Waals surface area contributed by atoms with Crippen molar-refractivity contribution in [1.29, 1.82) is 0 Å². The first-order valence-electron chi connectivity index (χ1n) is 7.71. The molecule has 0 unspecified atom stereocenters. The van der Waals surface area contributed by atoms with Gasteiger partial charge in [-0.1, -0.05) is 6.07 Å². The molecule has 4 aromatic heterocycles. The Bertz CT molecular complexity index is 1250. The van der Waals surface area contributed by atoms with Crippen LogP contribution in [0, 0.1) is 0 Å². The zero-order chi connectivity index (χ0) is 16.8. The van der Waals surface area contributed by atoms with E-state index in [4.69, 9.17) is 4.98 Å². The van der Waals surface area contributed by atoms with Gasteiger partial charge >= 0.3 is 0 Å². The Labute approximate surface area is 141 Å². The highest BCUT2D eigenvalue weighted by atomic mass is 16.3. The molecular formula is C18H12N6O. The number of aromatic nitrogens is 5. The van der Waals surface area contributed by atoms with Gasteiger partial charge in [-0.05, 0) is 24.3 Å². The average Bonchev–Trinajstić information content (AvgIpc) is 3.01. The maximum atomic E-state index is 9.69. The highest BCUT2D eigenvalue weighted by Gasteiger charge is 2.14. The summed E-state index contributed by atoms with van der Waals surface area (Å²) in [6, 6.07) is 10.7. The number of phenolic OH excluding ortho intramolecular Hbond substituents is 1. The normalized spacial score (nSPS) is 11.4. The number of imidazole rings is 1. The summed E-state index contributed by atoms with van der Waals surface area (Å²) in [7, 11) is 0. The van der Waals surface area contributed by atoms with Crippen molar-refractivity contribution in [2.24, 2.45) is 0 Å². The fourth-order valence-corrected chi connectivity index (χ4v) is 2.95. The van der Waals surface area contributed by atoms with Gasteiger partial charge in [0.05, 0.1) is 0 Å². The molecule has 0 saturated carbocycles. The van der Waals surface area contributed by atoms with Gasteiger partial charge in [-0.25, -0.2) is 15.0 Å². The number of fused-ring (bicyclic) bond motifs is 5. The maximum Gasteiger partial charge on any atom is 0.168 e. The van der Waals surface area contributed by atoms with Gasteiger partial charge in [0, 0.05) is 41.1 Å². The average molecular weight is 328 g/mol. The van der Waals surface area contributed by atoms with E-state index in [2.05, 4.69) is 20.3 Å². The number of nitrogens with one attached hydrogen (secondary N) is 1. The second-order valence-electron chi connectivity index (χ2n) is 5.65. The molecule has 7 nitrogen and oxygen atoms in total. The van der Waals surface area contributed by atoms with Gasteiger partial charge in [0.1, 0.15) is 29.1 Å². The lowest BCUT2D eigenvalue weighted by Gasteiger charge is -2.09. The second kappa shape index (κ2) is 5.13. The van der Waals surface area contributed by atoms with E-state index < -0.39 is 0 Å². The van der Waals surface area contributed by atoms with Gasteiger partial charge in [-0.15, -0.1) is 0 Å². The van der Waals surface area contributed by atoms with Crippen molar-refractivity contribution in [2.75, 3.05) is 5.32 Å². The molecule has 0 saturated heterocycles. The summed E-state index contributed by atoms with van der Waals surface area (Å²) in [6.07, 6.45) is 6.90. The van der Waals surface area contributed by atoms with E-state index in [0.29, 0.717) is 11.5 Å². The van der Waals surface area contributed by atoms with E-state index in [1.807, 2.05) is 22.6 Å². The van der Waals surface area contributed by atoms with E-state index >= 15 is 0 Å². The number of aromatic hydroxyl groups is 1. The molecule has 4 heterocycles. The summed E-state index contributed by atoms with van der Waals surface area (Å²) in [5.74, 6) is 0.859. The lowest BCUT2D eigenvalue weighted by Crippen LogP contribution is -1.97. The molecule has 0 aliphatic carbocycles. The van der Waals surface area contributed by atoms with Gasteiger partial charge in [-0.2, -0.15) is 0 Å². The molecule has 120 valence electrons. The predicted molar refractivity (Wildman–Crippen MR) is 95.0 cm³/mol. The molecule has 0 aliphatic heterocycles. The maximum absolute atomic E-state index is 9.69. The molecule has 0 fully saturated rings. The predicted octanol–water partition coefficient (Wildman–Crippen LogP) is 3.27. The van der Waals surface area contributed by atoms with Crippen LogP contribution in [0.15, 0.2) is 61.3 Å². The lowest BCUT2D eigenvalue weighted by molar-refractivity contribution is 0.475. The van der Waals surface area contributed by atoms with Crippen molar-refractivity contribution in [3.05, 3.63) is 61.3 Å². The number of hydrogen-bond acceptors (Lipinski definition) is 6. The van der Waals surface area contributed by atoms with Crippen LogP contribution < -0.4 is 5.32 Å². The standard InChI is InChI=1S/C18H12N6O/c25-12-3-1-2-11(8-12)21-17-13-4-6-19-9-14(13)16-18(23-17)24-10-20-7-5-15(24)22-16/h1-10,25H,(H,21,23). The Balaban J connectivity index is 1.83. The third kappa shape index (κ3) is 2.13. The first kappa shape index (κ1) is 13.7. The minimum absolute atomic E-state index is 0.191. The number of hydrogen-bond donors (Lipinski definition) is 2. The Morgan fingerprint density at radius 3 is 2.80 bits per heavy atom. The Morgan fingerprint density at radius 1 is 0.960 bits per heavy atom. The van der Waals surface area contributed by atoms with Crippen molar-refractivity contribution in [2.45, 2.75) is 0 Å². The molecule has 0 bridgehead atoms. The summed E-state index contributed by atoms with van der Waals surface area (Å²) in [5.41, 5.74) is 3.00. The van der Waals surface area contributed by atoms with E-state index in [1.165, 1.54) is 0 Å². The van der Waals surface area contributed by atoms with Crippen LogP contribution in [0.1, 0.15) is 0 Å². The summed E-state index contributed by atoms with van der Waals surface area (Å²) >= 11 is 0. The summed E-state index contributed by atoms with van der Waals surface area (Å²) < 4.78 is 1.84. The quantitative estimate of drug-likeness (QED) is 0.517. The van der Waals surface area contributed by atoms with Crippen molar-refractivity contribution in [3.63, 3.8) is 0 Å². The van der Waals surface area contributed by atoms with Gasteiger partial charge in [-0.3, -0.25) is 9.38 Å². The minimum Gasteiger partial charge on any atom is -0.508 e. The van der Waals surface area contributed by atoms with Crippen molar-refractivity contribution in [3.8, 4) is 5.75 Å². The number of pyridine rings is 2. The van der Waals surface area contributed by atoms with Gasteiger partial charge in [0.25, 0.3) is 0 Å². The molecule has 5 rings (SSSR count). The van der Waals surface area contributed by atoms with Crippen LogP contribution in [0.2, 0.25) is 0 Å². The number of nitrogens with zero attached hydrogens (tertiary/aromatic N) is 5. The molecule has 1 aromatic carbocycles. The molecule has 0 atom stereocenters. The Hall–Kier alpha value is -3.74. The van der Waals surface area contributed by atoms with Crippen LogP contribution in [-0.2, 0) is 0 Å². The van der Waals surface area contributed by atoms with Crippen molar-refractivity contribution in [1.82, 2.24) is 24.3 Å². The lowest BCUT2D eigenvalue weighted by atomic mass is 10.2. The van der Waals surface area contributed by atoms with Crippen molar-refractivity contribution < 1.29 is 5.11 Å². The number of anilines is 2. The molecule has 2 N–H and O–H groups in total. The molecule has 7 heteroatoms. The summed E-state index contributed by atoms with van der Waals surface area (Å²) in [4.78, 5) is 17.8. The largest absolute Gasteiger partial charge is 0.508 e. The van der Waals surface area contributed by atoms with Crippen LogP contribution >= 0.6 is 0 Å². The molecule has 25 heavy (non-hydrogen) atoms. The van der Waals surface area contributed by atoms with Gasteiger partial charge in [0.2, 0.25) is 0 Å². The van der Waals surface area contributed by atoms with Crippen LogP contribution in [0.4, 0.5) is 11.5 Å². The first-order chi connectivity index (χ1) is 12.3. The monoisotopic (exact) mass is 328 g/mol. The number of benzene rings is 1. The van der Waals surface area contributed by atoms with Crippen molar-refractivity contribution >= 4 is 39.1 Å². The summed E-state index contributed by atoms with van der Waals surface area (Å²) in [6.45, 7) is 0. The topological polar surface area (TPSA) is 88.2 Å². The van der Waals surface area contributed by atoms with E-state index in [1.54, 1.807) is 43.1 Å². The highest BCUT2D eigenvalue weighted by Crippen LogP contribution is 2.31. The van der Waals surface area contributed by atoms with Crippen LogP contribution in [0.25, 0.3) is 27.6 Å². The Kier molecular flexibility index (Phi) is 2.81. The molecular weight excluding hydrogens is 316 g/mol.